The second-order valence-electron chi connectivity index (χ2n) is 7.44. The summed E-state index contributed by atoms with van der Waals surface area (Å²) in [6.45, 7) is -0.0196. The number of ether oxygens (including phenoxy) is 1. The fraction of sp³-hybridized carbons (Fsp3) is 0.167. The van der Waals surface area contributed by atoms with Crippen LogP contribution in [0.1, 0.15) is 10.9 Å². The van der Waals surface area contributed by atoms with Crippen molar-refractivity contribution in [1.82, 2.24) is 10.4 Å². The van der Waals surface area contributed by atoms with E-state index in [1.165, 1.54) is 41.0 Å². The third-order valence-electron chi connectivity index (χ3n) is 4.98. The molecule has 1 aliphatic heterocycles. The number of benzene rings is 3. The molecule has 2 amide bonds. The minimum absolute atomic E-state index is 0.0968. The van der Waals surface area contributed by atoms with Gasteiger partial charge in [-0.3, -0.25) is 15.0 Å². The van der Waals surface area contributed by atoms with Crippen molar-refractivity contribution in [2.45, 2.75) is 10.6 Å². The van der Waals surface area contributed by atoms with Crippen molar-refractivity contribution in [3.8, 4) is 11.5 Å². The molecule has 176 valence electrons. The molecular formula is C24H21ClFN3O4S. The van der Waals surface area contributed by atoms with Crippen LogP contribution in [0, 0.1) is 5.82 Å². The first-order chi connectivity index (χ1) is 16.4. The number of thioether (sulfide) groups is 1. The summed E-state index contributed by atoms with van der Waals surface area (Å²) in [4.78, 5) is 25.7. The molecule has 0 spiro atoms. The Bertz CT molecular complexity index is 1150. The molecule has 1 aliphatic rings. The molecule has 3 aromatic carbocycles. The number of anilines is 1. The number of amides is 2. The van der Waals surface area contributed by atoms with Crippen molar-refractivity contribution in [2.75, 3.05) is 18.5 Å². The molecule has 2 atom stereocenters. The third-order valence-corrected chi connectivity index (χ3v) is 6.67. The predicted molar refractivity (Wildman–Crippen MR) is 129 cm³/mol. The molecule has 0 radical (unpaired) electrons. The molecule has 0 aromatic heterocycles. The molecule has 0 bridgehead atoms. The molecule has 4 rings (SSSR count). The maximum absolute atomic E-state index is 13.2. The zero-order valence-electron chi connectivity index (χ0n) is 17.8. The summed E-state index contributed by atoms with van der Waals surface area (Å²) in [5.74, 6) is -0.575. The molecule has 1 fully saturated rings. The standard InChI is InChI=1S/C24H21ClFN3O4S/c25-16-3-11-20(12-4-16)33-14-22(31)28-29-23(32)21(13-27-18-7-5-17(26)6-8-18)34-24(29)15-1-9-19(30)10-2-15/h1-12,21,24,27,30H,13-14H2,(H,28,31). The Morgan fingerprint density at radius 1 is 1.06 bits per heavy atom. The highest BCUT2D eigenvalue weighted by atomic mass is 35.5. The second kappa shape index (κ2) is 10.7. The van der Waals surface area contributed by atoms with Crippen molar-refractivity contribution in [3.05, 3.63) is 89.2 Å². The van der Waals surface area contributed by atoms with Crippen molar-refractivity contribution >= 4 is 40.9 Å². The number of halogens is 2. The van der Waals surface area contributed by atoms with Gasteiger partial charge in [-0.2, -0.15) is 0 Å². The SMILES string of the molecule is O=C(COc1ccc(Cl)cc1)NN1C(=O)C(CNc2ccc(F)cc2)SC1c1ccc(O)cc1. The van der Waals surface area contributed by atoms with Crippen LogP contribution >= 0.6 is 23.4 Å². The molecule has 7 nitrogen and oxygen atoms in total. The zero-order valence-corrected chi connectivity index (χ0v) is 19.4. The van der Waals surface area contributed by atoms with Gasteiger partial charge in [0.05, 0.1) is 0 Å². The van der Waals surface area contributed by atoms with Gasteiger partial charge in [0, 0.05) is 17.3 Å². The van der Waals surface area contributed by atoms with Crippen molar-refractivity contribution in [3.63, 3.8) is 0 Å². The molecule has 0 aliphatic carbocycles. The molecule has 1 heterocycles. The Labute approximate surface area is 204 Å². The van der Waals surface area contributed by atoms with E-state index in [-0.39, 0.29) is 30.6 Å². The smallest absolute Gasteiger partial charge is 0.276 e. The van der Waals surface area contributed by atoms with E-state index in [4.69, 9.17) is 16.3 Å². The number of rotatable bonds is 8. The first-order valence-corrected chi connectivity index (χ1v) is 11.7. The van der Waals surface area contributed by atoms with E-state index < -0.39 is 16.5 Å². The van der Waals surface area contributed by atoms with E-state index in [0.717, 1.165) is 5.56 Å². The van der Waals surface area contributed by atoms with Gasteiger partial charge >= 0.3 is 0 Å². The fourth-order valence-corrected chi connectivity index (χ4v) is 4.73. The Kier molecular flexibility index (Phi) is 7.44. The van der Waals surface area contributed by atoms with Gasteiger partial charge in [-0.1, -0.05) is 23.7 Å². The maximum Gasteiger partial charge on any atom is 0.276 e. The molecular weight excluding hydrogens is 481 g/mol. The van der Waals surface area contributed by atoms with E-state index in [2.05, 4.69) is 10.7 Å². The molecule has 3 aromatic rings. The van der Waals surface area contributed by atoms with E-state index in [1.54, 1.807) is 48.5 Å². The quantitative estimate of drug-likeness (QED) is 0.425. The molecule has 3 N–H and O–H groups in total. The van der Waals surface area contributed by atoms with E-state index in [1.807, 2.05) is 0 Å². The van der Waals surface area contributed by atoms with Crippen LogP contribution in [0.5, 0.6) is 11.5 Å². The largest absolute Gasteiger partial charge is 0.508 e. The van der Waals surface area contributed by atoms with Gasteiger partial charge in [-0.05, 0) is 66.2 Å². The number of carbonyl (C=O) groups is 2. The van der Waals surface area contributed by atoms with Crippen LogP contribution < -0.4 is 15.5 Å². The van der Waals surface area contributed by atoms with Crippen LogP contribution in [0.2, 0.25) is 5.02 Å². The van der Waals surface area contributed by atoms with Gasteiger partial charge in [-0.15, -0.1) is 11.8 Å². The number of hydrazine groups is 1. The Morgan fingerprint density at radius 2 is 1.74 bits per heavy atom. The van der Waals surface area contributed by atoms with E-state index in [0.29, 0.717) is 16.5 Å². The van der Waals surface area contributed by atoms with Crippen LogP contribution in [0.25, 0.3) is 0 Å². The average Bonchev–Trinajstić information content (AvgIpc) is 3.14. The number of phenols is 1. The fourth-order valence-electron chi connectivity index (χ4n) is 3.29. The van der Waals surface area contributed by atoms with Crippen LogP contribution in [0.15, 0.2) is 72.8 Å². The number of nitrogens with one attached hydrogen (secondary N) is 2. The second-order valence-corrected chi connectivity index (χ2v) is 9.17. The summed E-state index contributed by atoms with van der Waals surface area (Å²) in [6, 6.07) is 18.8. The Balaban J connectivity index is 1.44. The summed E-state index contributed by atoms with van der Waals surface area (Å²) >= 11 is 7.21. The highest BCUT2D eigenvalue weighted by Gasteiger charge is 2.42. The van der Waals surface area contributed by atoms with E-state index >= 15 is 0 Å². The van der Waals surface area contributed by atoms with Crippen molar-refractivity contribution in [2.24, 2.45) is 0 Å². The third kappa shape index (κ3) is 5.92. The number of carbonyl (C=O) groups excluding carboxylic acids is 2. The number of phenolic OH excluding ortho intramolecular Hbond substituents is 1. The average molecular weight is 502 g/mol. The first kappa shape index (κ1) is 23.7. The molecule has 1 saturated heterocycles. The molecule has 0 saturated carbocycles. The highest BCUT2D eigenvalue weighted by molar-refractivity contribution is 8.01. The lowest BCUT2D eigenvalue weighted by atomic mass is 10.2. The van der Waals surface area contributed by atoms with Gasteiger partial charge in [0.15, 0.2) is 6.61 Å². The lowest BCUT2D eigenvalue weighted by molar-refractivity contribution is -0.141. The minimum atomic E-state index is -0.513. The number of nitrogens with zero attached hydrogens (tertiary/aromatic N) is 1. The monoisotopic (exact) mass is 501 g/mol. The summed E-state index contributed by atoms with van der Waals surface area (Å²) in [5, 5.41) is 13.6. The summed E-state index contributed by atoms with van der Waals surface area (Å²) in [7, 11) is 0. The number of aromatic hydroxyl groups is 1. The summed E-state index contributed by atoms with van der Waals surface area (Å²) < 4.78 is 18.6. The number of hydrogen-bond donors (Lipinski definition) is 3. The Morgan fingerprint density at radius 3 is 2.41 bits per heavy atom. The minimum Gasteiger partial charge on any atom is -0.508 e. The van der Waals surface area contributed by atoms with Crippen molar-refractivity contribution < 1.29 is 23.8 Å². The van der Waals surface area contributed by atoms with Gasteiger partial charge < -0.3 is 15.2 Å². The Hall–Kier alpha value is -3.43. The van der Waals surface area contributed by atoms with Crippen LogP contribution in [0.4, 0.5) is 10.1 Å². The van der Waals surface area contributed by atoms with Gasteiger partial charge in [0.2, 0.25) is 0 Å². The first-order valence-electron chi connectivity index (χ1n) is 10.3. The lowest BCUT2D eigenvalue weighted by Gasteiger charge is -2.24. The highest BCUT2D eigenvalue weighted by Crippen LogP contribution is 2.42. The molecule has 2 unspecified atom stereocenters. The zero-order chi connectivity index (χ0) is 24.1. The summed E-state index contributed by atoms with van der Waals surface area (Å²) in [6.07, 6.45) is 0. The van der Waals surface area contributed by atoms with Gasteiger partial charge in [0.25, 0.3) is 11.8 Å². The molecule has 10 heteroatoms. The van der Waals surface area contributed by atoms with Crippen molar-refractivity contribution in [1.29, 1.82) is 0 Å². The predicted octanol–water partition coefficient (Wildman–Crippen LogP) is 4.35. The molecule has 34 heavy (non-hydrogen) atoms. The van der Waals surface area contributed by atoms with Gasteiger partial charge in [0.1, 0.15) is 27.9 Å². The maximum atomic E-state index is 13.2. The van der Waals surface area contributed by atoms with Crippen LogP contribution in [-0.2, 0) is 9.59 Å². The topological polar surface area (TPSA) is 90.9 Å². The van der Waals surface area contributed by atoms with E-state index in [9.17, 15) is 19.1 Å². The summed E-state index contributed by atoms with van der Waals surface area (Å²) in [5.41, 5.74) is 4.05. The van der Waals surface area contributed by atoms with Crippen LogP contribution in [0.3, 0.4) is 0 Å². The van der Waals surface area contributed by atoms with Gasteiger partial charge in [-0.25, -0.2) is 9.40 Å². The normalized spacial score (nSPS) is 17.5. The van der Waals surface area contributed by atoms with Crippen LogP contribution in [-0.4, -0.2) is 40.3 Å². The lowest BCUT2D eigenvalue weighted by Crippen LogP contribution is -2.48. The number of hydrogen-bond acceptors (Lipinski definition) is 6.